The largest absolute Gasteiger partial charge is 0.341 e. The molecular weight excluding hydrogens is 280 g/mol. The molecule has 5 nitrogen and oxygen atoms in total. The summed E-state index contributed by atoms with van der Waals surface area (Å²) in [6.07, 6.45) is 10.8. The molecule has 1 saturated heterocycles. The average Bonchev–Trinajstić information content (AvgIpc) is 2.80. The highest BCUT2D eigenvalue weighted by Crippen LogP contribution is 2.35. The first-order valence-corrected chi connectivity index (χ1v) is 8.35. The summed E-state index contributed by atoms with van der Waals surface area (Å²) >= 11 is 0. The highest BCUT2D eigenvalue weighted by molar-refractivity contribution is 6.07. The summed E-state index contributed by atoms with van der Waals surface area (Å²) in [6.45, 7) is -0.0856. The highest BCUT2D eigenvalue weighted by atomic mass is 16.2. The number of fused-ring (bicyclic) bond motifs is 1. The van der Waals surface area contributed by atoms with Crippen LogP contribution < -0.4 is 0 Å². The van der Waals surface area contributed by atoms with Gasteiger partial charge < -0.3 is 4.90 Å². The molecule has 120 valence electrons. The number of likely N-dealkylation sites (N-methyl/N-ethyl adjacent to an activating group) is 1. The maximum absolute atomic E-state index is 12.5. The lowest BCUT2D eigenvalue weighted by Crippen LogP contribution is -2.46. The van der Waals surface area contributed by atoms with E-state index in [2.05, 4.69) is 0 Å². The number of carbonyl (C=O) groups is 3. The first-order chi connectivity index (χ1) is 10.6. The van der Waals surface area contributed by atoms with E-state index in [9.17, 15) is 14.4 Å². The molecule has 0 N–H and O–H groups in total. The molecule has 3 amide bonds. The van der Waals surface area contributed by atoms with Crippen LogP contribution in [0.4, 0.5) is 0 Å². The molecule has 2 unspecified atom stereocenters. The SMILES string of the molecule is CN(C(=O)CN1C(=O)C2CC=CCC2C1=O)C1CCCCC1. The monoisotopic (exact) mass is 304 g/mol. The van der Waals surface area contributed by atoms with Crippen molar-refractivity contribution in [2.24, 2.45) is 11.8 Å². The Bertz CT molecular complexity index is 482. The van der Waals surface area contributed by atoms with Gasteiger partial charge in [-0.05, 0) is 25.7 Å². The molecule has 0 aromatic heterocycles. The zero-order valence-electron chi connectivity index (χ0n) is 13.2. The standard InChI is InChI=1S/C17H24N2O3/c1-18(12-7-3-2-4-8-12)15(20)11-19-16(21)13-9-5-6-10-14(13)17(19)22/h5-6,12-14H,2-4,7-11H2,1H3. The van der Waals surface area contributed by atoms with E-state index in [1.54, 1.807) is 11.9 Å². The predicted octanol–water partition coefficient (Wildman–Crippen LogP) is 1.73. The van der Waals surface area contributed by atoms with Crippen molar-refractivity contribution >= 4 is 17.7 Å². The van der Waals surface area contributed by atoms with Gasteiger partial charge in [-0.25, -0.2) is 0 Å². The molecule has 0 spiro atoms. The van der Waals surface area contributed by atoms with Crippen LogP contribution >= 0.6 is 0 Å². The van der Waals surface area contributed by atoms with Gasteiger partial charge in [-0.3, -0.25) is 19.3 Å². The molecule has 2 aliphatic carbocycles. The summed E-state index contributed by atoms with van der Waals surface area (Å²) in [4.78, 5) is 40.2. The van der Waals surface area contributed by atoms with Crippen LogP contribution in [0.2, 0.25) is 0 Å². The molecule has 0 bridgehead atoms. The molecule has 22 heavy (non-hydrogen) atoms. The number of nitrogens with zero attached hydrogens (tertiary/aromatic N) is 2. The van der Waals surface area contributed by atoms with Crippen LogP contribution in [0.5, 0.6) is 0 Å². The molecule has 1 heterocycles. The second kappa shape index (κ2) is 6.23. The molecular formula is C17H24N2O3. The molecule has 0 aromatic rings. The zero-order valence-corrected chi connectivity index (χ0v) is 13.2. The summed E-state index contributed by atoms with van der Waals surface area (Å²) in [5.41, 5.74) is 0. The van der Waals surface area contributed by atoms with Crippen molar-refractivity contribution in [1.29, 1.82) is 0 Å². The van der Waals surface area contributed by atoms with Crippen LogP contribution in [-0.2, 0) is 14.4 Å². The molecule has 5 heteroatoms. The van der Waals surface area contributed by atoms with Crippen LogP contribution in [0, 0.1) is 11.8 Å². The summed E-state index contributed by atoms with van der Waals surface area (Å²) in [6, 6.07) is 0.262. The lowest BCUT2D eigenvalue weighted by Gasteiger charge is -2.32. The normalized spacial score (nSPS) is 28.9. The minimum absolute atomic E-state index is 0.0856. The smallest absolute Gasteiger partial charge is 0.242 e. The van der Waals surface area contributed by atoms with Crippen molar-refractivity contribution in [3.05, 3.63) is 12.2 Å². The number of hydrogen-bond acceptors (Lipinski definition) is 3. The molecule has 0 aromatic carbocycles. The average molecular weight is 304 g/mol. The number of amides is 3. The van der Waals surface area contributed by atoms with Gasteiger partial charge in [-0.2, -0.15) is 0 Å². The first kappa shape index (κ1) is 15.3. The Balaban J connectivity index is 1.63. The van der Waals surface area contributed by atoms with E-state index in [1.165, 1.54) is 11.3 Å². The van der Waals surface area contributed by atoms with Crippen molar-refractivity contribution in [2.75, 3.05) is 13.6 Å². The third kappa shape index (κ3) is 2.69. The summed E-state index contributed by atoms with van der Waals surface area (Å²) in [5.74, 6) is -0.926. The number of imide groups is 1. The van der Waals surface area contributed by atoms with E-state index in [0.717, 1.165) is 25.7 Å². The van der Waals surface area contributed by atoms with Crippen LogP contribution in [-0.4, -0.2) is 47.2 Å². The van der Waals surface area contributed by atoms with Crippen molar-refractivity contribution in [1.82, 2.24) is 9.80 Å². The Morgan fingerprint density at radius 3 is 2.18 bits per heavy atom. The Morgan fingerprint density at radius 1 is 1.09 bits per heavy atom. The van der Waals surface area contributed by atoms with Gasteiger partial charge >= 0.3 is 0 Å². The van der Waals surface area contributed by atoms with E-state index in [1.807, 2.05) is 12.2 Å². The highest BCUT2D eigenvalue weighted by Gasteiger charge is 2.47. The molecule has 3 aliphatic rings. The number of hydrogen-bond donors (Lipinski definition) is 0. The summed E-state index contributed by atoms with van der Waals surface area (Å²) in [5, 5.41) is 0. The summed E-state index contributed by atoms with van der Waals surface area (Å²) in [7, 11) is 1.80. The predicted molar refractivity (Wildman–Crippen MR) is 81.7 cm³/mol. The van der Waals surface area contributed by atoms with Crippen molar-refractivity contribution in [2.45, 2.75) is 51.0 Å². The lowest BCUT2D eigenvalue weighted by molar-refractivity contribution is -0.147. The topological polar surface area (TPSA) is 57.7 Å². The molecule has 1 saturated carbocycles. The Morgan fingerprint density at radius 2 is 1.64 bits per heavy atom. The number of likely N-dealkylation sites (tertiary alicyclic amines) is 1. The fourth-order valence-corrected chi connectivity index (χ4v) is 3.94. The second-order valence-electron chi connectivity index (χ2n) is 6.71. The molecule has 1 aliphatic heterocycles. The maximum atomic E-state index is 12.5. The van der Waals surface area contributed by atoms with Gasteiger partial charge in [0.05, 0.1) is 11.8 Å². The van der Waals surface area contributed by atoms with Crippen LogP contribution in [0.15, 0.2) is 12.2 Å². The quantitative estimate of drug-likeness (QED) is 0.589. The molecule has 3 rings (SSSR count). The first-order valence-electron chi connectivity index (χ1n) is 8.35. The van der Waals surface area contributed by atoms with Crippen molar-refractivity contribution in [3.63, 3.8) is 0 Å². The number of allylic oxidation sites excluding steroid dienone is 2. The van der Waals surface area contributed by atoms with Gasteiger partial charge in [-0.1, -0.05) is 31.4 Å². The van der Waals surface area contributed by atoms with Crippen LogP contribution in [0.1, 0.15) is 44.9 Å². The van der Waals surface area contributed by atoms with Gasteiger partial charge in [0.15, 0.2) is 0 Å². The van der Waals surface area contributed by atoms with E-state index in [0.29, 0.717) is 12.8 Å². The molecule has 0 radical (unpaired) electrons. The number of carbonyl (C=O) groups excluding carboxylic acids is 3. The van der Waals surface area contributed by atoms with E-state index in [-0.39, 0.29) is 42.1 Å². The molecule has 2 atom stereocenters. The fraction of sp³-hybridized carbons (Fsp3) is 0.706. The maximum Gasteiger partial charge on any atom is 0.242 e. The third-order valence-corrected chi connectivity index (χ3v) is 5.41. The molecule has 2 fully saturated rings. The van der Waals surface area contributed by atoms with Gasteiger partial charge in [-0.15, -0.1) is 0 Å². The van der Waals surface area contributed by atoms with Crippen LogP contribution in [0.25, 0.3) is 0 Å². The van der Waals surface area contributed by atoms with Gasteiger partial charge in [0, 0.05) is 13.1 Å². The Hall–Kier alpha value is -1.65. The van der Waals surface area contributed by atoms with Gasteiger partial charge in [0.1, 0.15) is 6.54 Å². The number of rotatable bonds is 3. The summed E-state index contributed by atoms with van der Waals surface area (Å²) < 4.78 is 0. The lowest BCUT2D eigenvalue weighted by atomic mass is 9.85. The van der Waals surface area contributed by atoms with E-state index < -0.39 is 0 Å². The Labute approximate surface area is 131 Å². The Kier molecular flexibility index (Phi) is 4.32. The minimum atomic E-state index is -0.245. The zero-order chi connectivity index (χ0) is 15.7. The van der Waals surface area contributed by atoms with E-state index >= 15 is 0 Å². The minimum Gasteiger partial charge on any atom is -0.341 e. The fourth-order valence-electron chi connectivity index (χ4n) is 3.94. The second-order valence-corrected chi connectivity index (χ2v) is 6.71. The van der Waals surface area contributed by atoms with Gasteiger partial charge in [0.2, 0.25) is 17.7 Å². The van der Waals surface area contributed by atoms with Crippen molar-refractivity contribution in [3.8, 4) is 0 Å². The van der Waals surface area contributed by atoms with Crippen molar-refractivity contribution < 1.29 is 14.4 Å². The van der Waals surface area contributed by atoms with Crippen LogP contribution in [0.3, 0.4) is 0 Å². The van der Waals surface area contributed by atoms with E-state index in [4.69, 9.17) is 0 Å². The van der Waals surface area contributed by atoms with Gasteiger partial charge in [0.25, 0.3) is 0 Å². The third-order valence-electron chi connectivity index (χ3n) is 5.41.